The number of benzene rings is 1. The van der Waals surface area contributed by atoms with E-state index in [9.17, 15) is 9.18 Å². The predicted molar refractivity (Wildman–Crippen MR) is 102 cm³/mol. The Morgan fingerprint density at radius 1 is 1.12 bits per heavy atom. The monoisotopic (exact) mass is 362 g/mol. The highest BCUT2D eigenvalue weighted by molar-refractivity contribution is 5.72. The van der Waals surface area contributed by atoms with Crippen molar-refractivity contribution in [3.05, 3.63) is 29.6 Å². The van der Waals surface area contributed by atoms with E-state index in [0.29, 0.717) is 12.6 Å². The largest absolute Gasteiger partial charge is 0.466 e. The number of nitrogens with zero attached hydrogens (tertiary/aromatic N) is 2. The summed E-state index contributed by atoms with van der Waals surface area (Å²) in [5, 5.41) is 0. The van der Waals surface area contributed by atoms with Gasteiger partial charge in [-0.25, -0.2) is 4.39 Å². The minimum absolute atomic E-state index is 0.0343. The Balaban J connectivity index is 1.49. The van der Waals surface area contributed by atoms with Gasteiger partial charge >= 0.3 is 5.97 Å². The zero-order valence-corrected chi connectivity index (χ0v) is 16.0. The average Bonchev–Trinajstić information content (AvgIpc) is 2.68. The van der Waals surface area contributed by atoms with Crippen LogP contribution in [-0.4, -0.2) is 49.7 Å². The fourth-order valence-corrected chi connectivity index (χ4v) is 4.26. The Morgan fingerprint density at radius 2 is 1.81 bits per heavy atom. The zero-order chi connectivity index (χ0) is 18.5. The second-order valence-corrected chi connectivity index (χ2v) is 7.42. The van der Waals surface area contributed by atoms with E-state index < -0.39 is 0 Å². The number of esters is 1. The minimum Gasteiger partial charge on any atom is -0.466 e. The summed E-state index contributed by atoms with van der Waals surface area (Å²) in [4.78, 5) is 16.6. The molecule has 144 valence electrons. The smallest absolute Gasteiger partial charge is 0.309 e. The number of aryl methyl sites for hydroxylation is 1. The first-order valence-corrected chi connectivity index (χ1v) is 10.1. The molecule has 0 atom stereocenters. The summed E-state index contributed by atoms with van der Waals surface area (Å²) in [5.41, 5.74) is 1.78. The number of likely N-dealkylation sites (tertiary alicyclic amines) is 1. The van der Waals surface area contributed by atoms with Crippen LogP contribution in [0.15, 0.2) is 18.2 Å². The van der Waals surface area contributed by atoms with Crippen molar-refractivity contribution in [2.45, 2.75) is 52.0 Å². The van der Waals surface area contributed by atoms with Crippen molar-refractivity contribution in [1.29, 1.82) is 0 Å². The summed E-state index contributed by atoms with van der Waals surface area (Å²) in [6.45, 7) is 8.09. The number of anilines is 1. The molecule has 0 amide bonds. The van der Waals surface area contributed by atoms with Gasteiger partial charge in [-0.3, -0.25) is 4.79 Å². The van der Waals surface area contributed by atoms with Crippen molar-refractivity contribution in [3.8, 4) is 0 Å². The molecule has 0 unspecified atom stereocenters. The van der Waals surface area contributed by atoms with E-state index in [1.54, 1.807) is 6.07 Å². The van der Waals surface area contributed by atoms with Gasteiger partial charge in [0.2, 0.25) is 0 Å². The SMILES string of the molecule is CCOC(=O)C1CCN(C2CCN(c3ccc(CC)cc3F)CC2)CC1. The van der Waals surface area contributed by atoms with Gasteiger partial charge in [-0.15, -0.1) is 0 Å². The highest BCUT2D eigenvalue weighted by Crippen LogP contribution is 2.28. The molecule has 26 heavy (non-hydrogen) atoms. The number of hydrogen-bond donors (Lipinski definition) is 0. The van der Waals surface area contributed by atoms with Gasteiger partial charge < -0.3 is 14.5 Å². The lowest BCUT2D eigenvalue weighted by Gasteiger charge is -2.42. The number of rotatable bonds is 5. The summed E-state index contributed by atoms with van der Waals surface area (Å²) in [5.74, 6) is -0.0662. The normalized spacial score (nSPS) is 20.3. The van der Waals surface area contributed by atoms with E-state index in [1.807, 2.05) is 26.0 Å². The molecule has 1 aromatic carbocycles. The van der Waals surface area contributed by atoms with Crippen LogP contribution in [0.4, 0.5) is 10.1 Å². The van der Waals surface area contributed by atoms with Crippen LogP contribution in [0.3, 0.4) is 0 Å². The predicted octanol–water partition coefficient (Wildman–Crippen LogP) is 3.63. The van der Waals surface area contributed by atoms with E-state index in [1.165, 1.54) is 0 Å². The van der Waals surface area contributed by atoms with Gasteiger partial charge in [0.05, 0.1) is 18.2 Å². The quantitative estimate of drug-likeness (QED) is 0.749. The molecule has 2 aliphatic rings. The second kappa shape index (κ2) is 8.85. The molecule has 0 bridgehead atoms. The standard InChI is InChI=1S/C21H31FN2O2/c1-3-16-5-6-20(19(22)15-16)24-13-9-18(10-14-24)23-11-7-17(8-12-23)21(25)26-4-2/h5-6,15,17-18H,3-4,7-14H2,1-2H3. The number of carbonyl (C=O) groups excluding carboxylic acids is 1. The van der Waals surface area contributed by atoms with Crippen LogP contribution in [0.5, 0.6) is 0 Å². The van der Waals surface area contributed by atoms with Gasteiger partial charge in [0, 0.05) is 19.1 Å². The van der Waals surface area contributed by atoms with Crippen molar-refractivity contribution in [2.75, 3.05) is 37.7 Å². The maximum absolute atomic E-state index is 14.4. The number of halogens is 1. The Bertz CT molecular complexity index is 606. The number of carbonyl (C=O) groups is 1. The molecule has 2 aliphatic heterocycles. The van der Waals surface area contributed by atoms with Crippen molar-refractivity contribution < 1.29 is 13.9 Å². The highest BCUT2D eigenvalue weighted by Gasteiger charge is 2.31. The maximum atomic E-state index is 14.4. The molecule has 5 heteroatoms. The number of piperidine rings is 2. The first-order chi connectivity index (χ1) is 12.6. The molecule has 2 saturated heterocycles. The van der Waals surface area contributed by atoms with Crippen molar-refractivity contribution in [1.82, 2.24) is 4.90 Å². The lowest BCUT2D eigenvalue weighted by Crippen LogP contribution is -2.48. The third-order valence-corrected chi connectivity index (χ3v) is 5.89. The van der Waals surface area contributed by atoms with E-state index in [2.05, 4.69) is 9.80 Å². The van der Waals surface area contributed by atoms with Crippen LogP contribution in [0.1, 0.15) is 45.1 Å². The van der Waals surface area contributed by atoms with Crippen molar-refractivity contribution in [3.63, 3.8) is 0 Å². The van der Waals surface area contributed by atoms with Gasteiger partial charge in [0.1, 0.15) is 5.82 Å². The summed E-state index contributed by atoms with van der Waals surface area (Å²) < 4.78 is 19.5. The highest BCUT2D eigenvalue weighted by atomic mass is 19.1. The number of ether oxygens (including phenoxy) is 1. The lowest BCUT2D eigenvalue weighted by molar-refractivity contribution is -0.149. The van der Waals surface area contributed by atoms with E-state index in [0.717, 1.165) is 69.5 Å². The van der Waals surface area contributed by atoms with E-state index in [4.69, 9.17) is 4.74 Å². The molecule has 0 aromatic heterocycles. The van der Waals surface area contributed by atoms with Crippen molar-refractivity contribution in [2.24, 2.45) is 5.92 Å². The van der Waals surface area contributed by atoms with E-state index in [-0.39, 0.29) is 17.7 Å². The molecule has 0 spiro atoms. The molecule has 0 radical (unpaired) electrons. The number of hydrogen-bond acceptors (Lipinski definition) is 4. The van der Waals surface area contributed by atoms with Gasteiger partial charge in [-0.05, 0) is 69.8 Å². The Hall–Kier alpha value is -1.62. The van der Waals surface area contributed by atoms with Gasteiger partial charge in [0.15, 0.2) is 0 Å². The maximum Gasteiger partial charge on any atom is 0.309 e. The lowest BCUT2D eigenvalue weighted by atomic mass is 9.93. The Morgan fingerprint density at radius 3 is 2.38 bits per heavy atom. The van der Waals surface area contributed by atoms with Crippen LogP contribution >= 0.6 is 0 Å². The minimum atomic E-state index is -0.0990. The Labute approximate surface area is 156 Å². The molecule has 0 N–H and O–H groups in total. The fraction of sp³-hybridized carbons (Fsp3) is 0.667. The van der Waals surface area contributed by atoms with E-state index >= 15 is 0 Å². The molecule has 1 aromatic rings. The molecule has 2 fully saturated rings. The first-order valence-electron chi connectivity index (χ1n) is 10.1. The summed E-state index contributed by atoms with van der Waals surface area (Å²) in [6, 6.07) is 6.18. The third kappa shape index (κ3) is 4.37. The van der Waals surface area contributed by atoms with Crippen LogP contribution in [0.25, 0.3) is 0 Å². The van der Waals surface area contributed by atoms with Gasteiger partial charge in [-0.2, -0.15) is 0 Å². The molecular formula is C21H31FN2O2. The molecular weight excluding hydrogens is 331 g/mol. The molecule has 0 aliphatic carbocycles. The first kappa shape index (κ1) is 19.2. The van der Waals surface area contributed by atoms with Crippen LogP contribution < -0.4 is 4.90 Å². The molecule has 4 nitrogen and oxygen atoms in total. The van der Waals surface area contributed by atoms with Gasteiger partial charge in [-0.1, -0.05) is 13.0 Å². The third-order valence-electron chi connectivity index (χ3n) is 5.89. The van der Waals surface area contributed by atoms with Crippen LogP contribution in [-0.2, 0) is 16.0 Å². The summed E-state index contributed by atoms with van der Waals surface area (Å²) in [7, 11) is 0. The topological polar surface area (TPSA) is 32.8 Å². The molecule has 2 heterocycles. The van der Waals surface area contributed by atoms with Gasteiger partial charge in [0.25, 0.3) is 0 Å². The average molecular weight is 362 g/mol. The second-order valence-electron chi connectivity index (χ2n) is 7.42. The fourth-order valence-electron chi connectivity index (χ4n) is 4.26. The zero-order valence-electron chi connectivity index (χ0n) is 16.0. The Kier molecular flexibility index (Phi) is 6.52. The van der Waals surface area contributed by atoms with Crippen molar-refractivity contribution >= 4 is 11.7 Å². The molecule has 3 rings (SSSR count). The van der Waals surface area contributed by atoms with Crippen LogP contribution in [0.2, 0.25) is 0 Å². The molecule has 0 saturated carbocycles. The van der Waals surface area contributed by atoms with Crippen LogP contribution in [0, 0.1) is 11.7 Å². The summed E-state index contributed by atoms with van der Waals surface area (Å²) in [6.07, 6.45) is 4.76. The summed E-state index contributed by atoms with van der Waals surface area (Å²) >= 11 is 0.